The molecule has 0 bridgehead atoms. The van der Waals surface area contributed by atoms with Gasteiger partial charge in [-0.1, -0.05) is 19.1 Å². The minimum Gasteiger partial charge on any atom is -0.185 e. The Bertz CT molecular complexity index is 382. The lowest BCUT2D eigenvalue weighted by Crippen LogP contribution is -1.92. The normalized spacial score (nSPS) is 28.1. The number of hydrogen-bond acceptors (Lipinski definition) is 2. The molecule has 1 saturated carbocycles. The van der Waals surface area contributed by atoms with Crippen molar-refractivity contribution in [2.24, 2.45) is 10.2 Å². The third kappa shape index (κ3) is 1.01. The molecule has 2 atom stereocenters. The molecule has 2 nitrogen and oxygen atoms in total. The smallest absolute Gasteiger partial charge is 0.0890 e. The van der Waals surface area contributed by atoms with E-state index in [1.807, 2.05) is 0 Å². The molecule has 1 aromatic rings. The van der Waals surface area contributed by atoms with Crippen LogP contribution in [0.5, 0.6) is 0 Å². The molecule has 1 fully saturated rings. The maximum Gasteiger partial charge on any atom is 0.0890 e. The second-order valence-corrected chi connectivity index (χ2v) is 3.87. The van der Waals surface area contributed by atoms with Crippen molar-refractivity contribution in [2.45, 2.75) is 31.7 Å². The third-order valence-corrected chi connectivity index (χ3v) is 2.97. The SMILES string of the molecule is CCc1ccc2c(c1)N=NC1CC21. The molecule has 1 aliphatic carbocycles. The summed E-state index contributed by atoms with van der Waals surface area (Å²) in [4.78, 5) is 0. The van der Waals surface area contributed by atoms with E-state index in [9.17, 15) is 0 Å². The van der Waals surface area contributed by atoms with E-state index in [4.69, 9.17) is 0 Å². The highest BCUT2D eigenvalue weighted by molar-refractivity contribution is 5.54. The first-order valence-corrected chi connectivity index (χ1v) is 4.92. The number of hydrogen-bond donors (Lipinski definition) is 0. The Labute approximate surface area is 77.7 Å². The molecule has 1 heterocycles. The Hall–Kier alpha value is -1.18. The van der Waals surface area contributed by atoms with Crippen molar-refractivity contribution in [1.82, 2.24) is 0 Å². The summed E-state index contributed by atoms with van der Waals surface area (Å²) in [6.45, 7) is 2.17. The first-order valence-electron chi connectivity index (χ1n) is 4.92. The molecule has 0 saturated heterocycles. The zero-order chi connectivity index (χ0) is 8.84. The number of benzene rings is 1. The zero-order valence-electron chi connectivity index (χ0n) is 7.70. The van der Waals surface area contributed by atoms with Gasteiger partial charge in [0.05, 0.1) is 11.7 Å². The minimum absolute atomic E-state index is 0.514. The monoisotopic (exact) mass is 172 g/mol. The van der Waals surface area contributed by atoms with Crippen molar-refractivity contribution >= 4 is 5.69 Å². The fraction of sp³-hybridized carbons (Fsp3) is 0.455. The summed E-state index contributed by atoms with van der Waals surface area (Å²) in [5.41, 5.74) is 3.88. The number of nitrogens with zero attached hydrogens (tertiary/aromatic N) is 2. The first kappa shape index (κ1) is 7.25. The summed E-state index contributed by atoms with van der Waals surface area (Å²) >= 11 is 0. The number of fused-ring (bicyclic) bond motifs is 3. The molecular weight excluding hydrogens is 160 g/mol. The van der Waals surface area contributed by atoms with Crippen LogP contribution in [0.2, 0.25) is 0 Å². The molecule has 0 radical (unpaired) electrons. The van der Waals surface area contributed by atoms with Crippen LogP contribution in [0.25, 0.3) is 0 Å². The van der Waals surface area contributed by atoms with E-state index in [0.29, 0.717) is 12.0 Å². The molecular formula is C11H12N2. The maximum atomic E-state index is 4.25. The second-order valence-electron chi connectivity index (χ2n) is 3.87. The largest absolute Gasteiger partial charge is 0.185 e. The average molecular weight is 172 g/mol. The molecule has 2 aliphatic rings. The predicted molar refractivity (Wildman–Crippen MR) is 51.5 cm³/mol. The summed E-state index contributed by atoms with van der Waals surface area (Å²) in [6, 6.07) is 7.14. The Morgan fingerprint density at radius 1 is 1.46 bits per heavy atom. The molecule has 66 valence electrons. The fourth-order valence-corrected chi connectivity index (χ4v) is 1.99. The van der Waals surface area contributed by atoms with Gasteiger partial charge in [-0.2, -0.15) is 10.2 Å². The lowest BCUT2D eigenvalue weighted by molar-refractivity contribution is 0.872. The van der Waals surface area contributed by atoms with Gasteiger partial charge in [0.1, 0.15) is 0 Å². The van der Waals surface area contributed by atoms with E-state index in [1.54, 1.807) is 0 Å². The Balaban J connectivity index is 2.11. The highest BCUT2D eigenvalue weighted by Gasteiger charge is 2.42. The lowest BCUT2D eigenvalue weighted by atomic mass is 10.0. The van der Waals surface area contributed by atoms with Gasteiger partial charge in [-0.15, -0.1) is 0 Å². The van der Waals surface area contributed by atoms with Crippen LogP contribution in [0.4, 0.5) is 5.69 Å². The van der Waals surface area contributed by atoms with Gasteiger partial charge in [0.25, 0.3) is 0 Å². The van der Waals surface area contributed by atoms with Crippen molar-refractivity contribution in [2.75, 3.05) is 0 Å². The van der Waals surface area contributed by atoms with Gasteiger partial charge in [-0.25, -0.2) is 0 Å². The number of azo groups is 1. The molecule has 1 aliphatic heterocycles. The van der Waals surface area contributed by atoms with Crippen molar-refractivity contribution in [3.05, 3.63) is 29.3 Å². The molecule has 13 heavy (non-hydrogen) atoms. The summed E-state index contributed by atoms with van der Waals surface area (Å²) in [5, 5.41) is 8.49. The van der Waals surface area contributed by atoms with Crippen LogP contribution in [-0.4, -0.2) is 6.04 Å². The maximum absolute atomic E-state index is 4.25. The summed E-state index contributed by atoms with van der Waals surface area (Å²) in [5.74, 6) is 0.693. The van der Waals surface area contributed by atoms with Crippen LogP contribution in [0, 0.1) is 0 Å². The molecule has 2 unspecified atom stereocenters. The number of aryl methyl sites for hydroxylation is 1. The second kappa shape index (κ2) is 2.41. The van der Waals surface area contributed by atoms with E-state index in [1.165, 1.54) is 17.5 Å². The first-order chi connectivity index (χ1) is 6.38. The van der Waals surface area contributed by atoms with Gasteiger partial charge in [-0.05, 0) is 30.0 Å². The number of rotatable bonds is 1. The van der Waals surface area contributed by atoms with Gasteiger partial charge >= 0.3 is 0 Å². The highest BCUT2D eigenvalue weighted by atomic mass is 15.2. The predicted octanol–water partition coefficient (Wildman–Crippen LogP) is 3.20. The summed E-state index contributed by atoms with van der Waals surface area (Å²) in [6.07, 6.45) is 2.29. The van der Waals surface area contributed by atoms with Crippen LogP contribution >= 0.6 is 0 Å². The quantitative estimate of drug-likeness (QED) is 0.621. The molecule has 2 heteroatoms. The van der Waals surface area contributed by atoms with Crippen LogP contribution in [0.1, 0.15) is 30.4 Å². The van der Waals surface area contributed by atoms with Gasteiger partial charge in [0.15, 0.2) is 0 Å². The van der Waals surface area contributed by atoms with Gasteiger partial charge in [0.2, 0.25) is 0 Å². The Kier molecular flexibility index (Phi) is 1.34. The van der Waals surface area contributed by atoms with E-state index in [0.717, 1.165) is 12.1 Å². The van der Waals surface area contributed by atoms with Crippen molar-refractivity contribution in [3.63, 3.8) is 0 Å². The van der Waals surface area contributed by atoms with Crippen molar-refractivity contribution in [3.8, 4) is 0 Å². The topological polar surface area (TPSA) is 24.7 Å². The fourth-order valence-electron chi connectivity index (χ4n) is 1.99. The van der Waals surface area contributed by atoms with E-state index in [2.05, 4.69) is 35.4 Å². The summed E-state index contributed by atoms with van der Waals surface area (Å²) < 4.78 is 0. The third-order valence-electron chi connectivity index (χ3n) is 2.97. The molecule has 1 aromatic carbocycles. The molecule has 0 amide bonds. The molecule has 0 spiro atoms. The van der Waals surface area contributed by atoms with Gasteiger partial charge < -0.3 is 0 Å². The van der Waals surface area contributed by atoms with E-state index < -0.39 is 0 Å². The zero-order valence-corrected chi connectivity index (χ0v) is 7.70. The Morgan fingerprint density at radius 2 is 2.38 bits per heavy atom. The van der Waals surface area contributed by atoms with Crippen LogP contribution in [-0.2, 0) is 6.42 Å². The van der Waals surface area contributed by atoms with Crippen LogP contribution in [0.15, 0.2) is 28.4 Å². The van der Waals surface area contributed by atoms with Crippen LogP contribution < -0.4 is 0 Å². The highest BCUT2D eigenvalue weighted by Crippen LogP contribution is 2.50. The van der Waals surface area contributed by atoms with Crippen molar-refractivity contribution in [1.29, 1.82) is 0 Å². The lowest BCUT2D eigenvalue weighted by Gasteiger charge is -2.08. The molecule has 0 N–H and O–H groups in total. The van der Waals surface area contributed by atoms with Gasteiger partial charge in [-0.3, -0.25) is 0 Å². The van der Waals surface area contributed by atoms with E-state index in [-0.39, 0.29) is 0 Å². The minimum atomic E-state index is 0.514. The summed E-state index contributed by atoms with van der Waals surface area (Å²) in [7, 11) is 0. The van der Waals surface area contributed by atoms with E-state index >= 15 is 0 Å². The van der Waals surface area contributed by atoms with Crippen molar-refractivity contribution < 1.29 is 0 Å². The standard InChI is InChI=1S/C11H12N2/c1-2-7-3-4-8-9-6-11(9)13-12-10(8)5-7/h3-5,9,11H,2,6H2,1H3. The van der Waals surface area contributed by atoms with Crippen LogP contribution in [0.3, 0.4) is 0 Å². The molecule has 3 rings (SSSR count). The van der Waals surface area contributed by atoms with Gasteiger partial charge in [0, 0.05) is 5.92 Å². The Morgan fingerprint density at radius 3 is 3.23 bits per heavy atom. The average Bonchev–Trinajstić information content (AvgIpc) is 2.95. The molecule has 0 aromatic heterocycles.